The lowest BCUT2D eigenvalue weighted by atomic mass is 10.1. The van der Waals surface area contributed by atoms with Crippen molar-refractivity contribution in [2.24, 2.45) is 0 Å². The monoisotopic (exact) mass is 227 g/mol. The summed E-state index contributed by atoms with van der Waals surface area (Å²) in [6.45, 7) is 4.11. The van der Waals surface area contributed by atoms with Crippen LogP contribution >= 0.6 is 0 Å². The van der Waals surface area contributed by atoms with E-state index in [9.17, 15) is 0 Å². The molecule has 2 nitrogen and oxygen atoms in total. The third kappa shape index (κ3) is 7.24. The Balaban J connectivity index is 1.71. The highest BCUT2D eigenvalue weighted by Gasteiger charge is 2.13. The van der Waals surface area contributed by atoms with Gasteiger partial charge in [0.2, 0.25) is 0 Å². The molecule has 1 unspecified atom stereocenters. The summed E-state index contributed by atoms with van der Waals surface area (Å²) in [5.41, 5.74) is 0. The number of hydrogen-bond donors (Lipinski definition) is 1. The highest BCUT2D eigenvalue weighted by Crippen LogP contribution is 2.13. The van der Waals surface area contributed by atoms with Crippen LogP contribution in [0.4, 0.5) is 0 Å². The minimum atomic E-state index is 0.504. The lowest BCUT2D eigenvalue weighted by molar-refractivity contribution is 0.104. The molecule has 1 N–H and O–H groups in total. The fraction of sp³-hybridized carbons (Fsp3) is 1.00. The summed E-state index contributed by atoms with van der Waals surface area (Å²) in [5, 5.41) is 3.23. The van der Waals surface area contributed by atoms with E-state index in [0.717, 1.165) is 13.3 Å². The zero-order chi connectivity index (χ0) is 11.5. The predicted octanol–water partition coefficient (Wildman–Crippen LogP) is 3.85. The first kappa shape index (κ1) is 14.0. The number of ether oxygens (including phenoxy) is 1. The molecule has 1 fully saturated rings. The van der Waals surface area contributed by atoms with Crippen molar-refractivity contribution in [3.05, 3.63) is 0 Å². The first-order chi connectivity index (χ1) is 7.93. The number of hydrogen-bond acceptors (Lipinski definition) is 2. The van der Waals surface area contributed by atoms with Gasteiger partial charge in [-0.05, 0) is 6.42 Å². The molecule has 0 amide bonds. The second kappa shape index (κ2) is 10.1. The number of nitrogens with one attached hydrogen (secondary N) is 1. The van der Waals surface area contributed by atoms with Crippen LogP contribution in [0.25, 0.3) is 0 Å². The van der Waals surface area contributed by atoms with Crippen molar-refractivity contribution in [2.45, 2.75) is 77.2 Å². The summed E-state index contributed by atoms with van der Waals surface area (Å²) in [6, 6.07) is 0. The molecule has 96 valence electrons. The summed E-state index contributed by atoms with van der Waals surface area (Å²) in [6.07, 6.45) is 14.5. The van der Waals surface area contributed by atoms with Crippen LogP contribution in [0, 0.1) is 0 Å². The first-order valence-electron chi connectivity index (χ1n) is 7.26. The van der Waals surface area contributed by atoms with Gasteiger partial charge in [0, 0.05) is 6.54 Å². The molecule has 0 bridgehead atoms. The Morgan fingerprint density at radius 2 is 1.56 bits per heavy atom. The molecular weight excluding hydrogens is 198 g/mol. The van der Waals surface area contributed by atoms with E-state index in [-0.39, 0.29) is 0 Å². The summed E-state index contributed by atoms with van der Waals surface area (Å²) in [7, 11) is 0. The average Bonchev–Trinajstić information content (AvgIpc) is 2.80. The van der Waals surface area contributed by atoms with Crippen molar-refractivity contribution in [2.75, 3.05) is 13.3 Å². The molecule has 0 aromatic rings. The third-order valence-electron chi connectivity index (χ3n) is 3.42. The Kier molecular flexibility index (Phi) is 8.83. The van der Waals surface area contributed by atoms with E-state index >= 15 is 0 Å². The molecule has 2 heteroatoms. The van der Waals surface area contributed by atoms with Gasteiger partial charge >= 0.3 is 0 Å². The molecule has 1 atom stereocenters. The van der Waals surface area contributed by atoms with E-state index in [2.05, 4.69) is 12.2 Å². The quantitative estimate of drug-likeness (QED) is 0.572. The predicted molar refractivity (Wildman–Crippen MR) is 69.6 cm³/mol. The van der Waals surface area contributed by atoms with E-state index in [1.807, 2.05) is 0 Å². The number of rotatable bonds is 10. The van der Waals surface area contributed by atoms with E-state index < -0.39 is 0 Å². The molecule has 0 radical (unpaired) electrons. The maximum atomic E-state index is 5.51. The van der Waals surface area contributed by atoms with Crippen molar-refractivity contribution in [3.8, 4) is 0 Å². The maximum Gasteiger partial charge on any atom is 0.0970 e. The molecule has 1 saturated heterocycles. The largest absolute Gasteiger partial charge is 0.362 e. The van der Waals surface area contributed by atoms with Gasteiger partial charge < -0.3 is 4.74 Å². The molecule has 0 saturated carbocycles. The lowest BCUT2D eigenvalue weighted by Gasteiger charge is -2.07. The van der Waals surface area contributed by atoms with E-state index in [1.54, 1.807) is 0 Å². The summed E-state index contributed by atoms with van der Waals surface area (Å²) >= 11 is 0. The Hall–Kier alpha value is -0.0800. The van der Waals surface area contributed by atoms with Crippen LogP contribution in [0.2, 0.25) is 0 Å². The maximum absolute atomic E-state index is 5.51. The van der Waals surface area contributed by atoms with E-state index in [0.29, 0.717) is 6.10 Å². The van der Waals surface area contributed by atoms with Gasteiger partial charge in [0.25, 0.3) is 0 Å². The molecule has 0 aliphatic carbocycles. The van der Waals surface area contributed by atoms with Gasteiger partial charge in [0.05, 0.1) is 12.8 Å². The molecule has 1 aliphatic rings. The minimum absolute atomic E-state index is 0.504. The van der Waals surface area contributed by atoms with Crippen LogP contribution in [-0.4, -0.2) is 19.4 Å². The SMILES string of the molecule is CCCCCCCCCCCC1CNCO1. The van der Waals surface area contributed by atoms with Crippen LogP contribution in [0.3, 0.4) is 0 Å². The second-order valence-corrected chi connectivity index (χ2v) is 5.00. The van der Waals surface area contributed by atoms with Gasteiger partial charge in [-0.15, -0.1) is 0 Å². The smallest absolute Gasteiger partial charge is 0.0970 e. The fourth-order valence-corrected chi connectivity index (χ4v) is 2.32. The van der Waals surface area contributed by atoms with E-state index in [4.69, 9.17) is 4.74 Å². The van der Waals surface area contributed by atoms with Crippen molar-refractivity contribution in [1.82, 2.24) is 5.32 Å². The fourth-order valence-electron chi connectivity index (χ4n) is 2.32. The zero-order valence-electron chi connectivity index (χ0n) is 11.0. The van der Waals surface area contributed by atoms with Gasteiger partial charge in [-0.25, -0.2) is 0 Å². The highest BCUT2D eigenvalue weighted by molar-refractivity contribution is 4.65. The molecule has 0 spiro atoms. The average molecular weight is 227 g/mol. The third-order valence-corrected chi connectivity index (χ3v) is 3.42. The van der Waals surface area contributed by atoms with Crippen LogP contribution < -0.4 is 5.32 Å². The Bertz CT molecular complexity index is 144. The van der Waals surface area contributed by atoms with Gasteiger partial charge in [-0.2, -0.15) is 0 Å². The van der Waals surface area contributed by atoms with Crippen LogP contribution in [0.1, 0.15) is 71.1 Å². The zero-order valence-corrected chi connectivity index (χ0v) is 11.0. The van der Waals surface area contributed by atoms with Crippen molar-refractivity contribution < 1.29 is 4.74 Å². The molecule has 0 aromatic heterocycles. The topological polar surface area (TPSA) is 21.3 Å². The van der Waals surface area contributed by atoms with Gasteiger partial charge in [-0.3, -0.25) is 5.32 Å². The van der Waals surface area contributed by atoms with Gasteiger partial charge in [0.15, 0.2) is 0 Å². The minimum Gasteiger partial charge on any atom is -0.362 e. The van der Waals surface area contributed by atoms with Gasteiger partial charge in [0.1, 0.15) is 0 Å². The number of unbranched alkanes of at least 4 members (excludes halogenated alkanes) is 8. The normalized spacial score (nSPS) is 20.4. The molecule has 0 aromatic carbocycles. The Labute approximate surface area is 101 Å². The van der Waals surface area contributed by atoms with E-state index in [1.165, 1.54) is 64.2 Å². The lowest BCUT2D eigenvalue weighted by Crippen LogP contribution is -2.13. The van der Waals surface area contributed by atoms with Crippen LogP contribution in [0.5, 0.6) is 0 Å². The second-order valence-electron chi connectivity index (χ2n) is 5.00. The molecule has 1 rings (SSSR count). The first-order valence-corrected chi connectivity index (χ1v) is 7.26. The van der Waals surface area contributed by atoms with Crippen LogP contribution in [-0.2, 0) is 4.74 Å². The Morgan fingerprint density at radius 1 is 0.938 bits per heavy atom. The van der Waals surface area contributed by atoms with Gasteiger partial charge in [-0.1, -0.05) is 64.7 Å². The molecule has 1 heterocycles. The highest BCUT2D eigenvalue weighted by atomic mass is 16.5. The molecule has 1 aliphatic heterocycles. The standard InChI is InChI=1S/C14H29NO/c1-2-3-4-5-6-7-8-9-10-11-14-12-15-13-16-14/h14-15H,2-13H2,1H3. The molecule has 16 heavy (non-hydrogen) atoms. The summed E-state index contributed by atoms with van der Waals surface area (Å²) in [5.74, 6) is 0. The summed E-state index contributed by atoms with van der Waals surface area (Å²) < 4.78 is 5.51. The van der Waals surface area contributed by atoms with Crippen molar-refractivity contribution in [1.29, 1.82) is 0 Å². The van der Waals surface area contributed by atoms with Crippen LogP contribution in [0.15, 0.2) is 0 Å². The van der Waals surface area contributed by atoms with Crippen molar-refractivity contribution in [3.63, 3.8) is 0 Å². The molecular formula is C14H29NO. The Morgan fingerprint density at radius 3 is 2.12 bits per heavy atom. The van der Waals surface area contributed by atoms with Crippen molar-refractivity contribution >= 4 is 0 Å². The summed E-state index contributed by atoms with van der Waals surface area (Å²) in [4.78, 5) is 0.